The second-order valence-corrected chi connectivity index (χ2v) is 9.29. The summed E-state index contributed by atoms with van der Waals surface area (Å²) in [6.45, 7) is 9.39. The zero-order chi connectivity index (χ0) is 24.4. The van der Waals surface area contributed by atoms with Gasteiger partial charge in [0.1, 0.15) is 0 Å². The van der Waals surface area contributed by atoms with Crippen LogP contribution in [-0.2, 0) is 6.54 Å². The molecule has 0 saturated carbocycles. The lowest BCUT2D eigenvalue weighted by atomic mass is 10.1. The fourth-order valence-corrected chi connectivity index (χ4v) is 4.41. The van der Waals surface area contributed by atoms with E-state index in [0.29, 0.717) is 67.0 Å². The topological polar surface area (TPSA) is 107 Å². The van der Waals surface area contributed by atoms with E-state index in [4.69, 9.17) is 15.2 Å². The third-order valence-corrected chi connectivity index (χ3v) is 6.49. The number of primary amides is 1. The Hall–Kier alpha value is -3.33. The van der Waals surface area contributed by atoms with Crippen molar-refractivity contribution in [1.82, 2.24) is 14.4 Å². The van der Waals surface area contributed by atoms with Gasteiger partial charge >= 0.3 is 0 Å². The van der Waals surface area contributed by atoms with Crippen LogP contribution in [0, 0.1) is 12.8 Å². The SMILES string of the molecule is Cc1c(C(N)=O)cc(C(=O)CN2CCN(C(=O)c3ccc4c(c3)OCO4)CC2)n1CCC(C)C. The minimum atomic E-state index is -0.523. The minimum absolute atomic E-state index is 0.0464. The lowest BCUT2D eigenvalue weighted by molar-refractivity contribution is 0.0622. The van der Waals surface area contributed by atoms with Gasteiger partial charge in [-0.2, -0.15) is 0 Å². The first-order chi connectivity index (χ1) is 16.2. The van der Waals surface area contributed by atoms with Gasteiger partial charge in [0.05, 0.1) is 17.8 Å². The number of ketones is 1. The lowest BCUT2D eigenvalue weighted by Crippen LogP contribution is -2.50. The van der Waals surface area contributed by atoms with Crippen LogP contribution in [0.2, 0.25) is 0 Å². The molecule has 0 aliphatic carbocycles. The molecule has 1 saturated heterocycles. The van der Waals surface area contributed by atoms with E-state index in [1.807, 2.05) is 16.4 Å². The van der Waals surface area contributed by atoms with E-state index >= 15 is 0 Å². The second-order valence-electron chi connectivity index (χ2n) is 9.29. The quantitative estimate of drug-likeness (QED) is 0.596. The van der Waals surface area contributed by atoms with Crippen molar-refractivity contribution in [3.05, 3.63) is 46.8 Å². The maximum absolute atomic E-state index is 13.2. The summed E-state index contributed by atoms with van der Waals surface area (Å²) in [5, 5.41) is 0. The summed E-state index contributed by atoms with van der Waals surface area (Å²) in [7, 11) is 0. The molecular formula is C25H32N4O5. The number of carbonyl (C=O) groups is 3. The predicted molar refractivity (Wildman–Crippen MR) is 126 cm³/mol. The number of benzene rings is 1. The third kappa shape index (κ3) is 4.94. The van der Waals surface area contributed by atoms with E-state index in [-0.39, 0.29) is 25.0 Å². The maximum Gasteiger partial charge on any atom is 0.254 e. The van der Waals surface area contributed by atoms with Crippen LogP contribution in [0.3, 0.4) is 0 Å². The molecule has 0 spiro atoms. The first-order valence-electron chi connectivity index (χ1n) is 11.7. The fourth-order valence-electron chi connectivity index (χ4n) is 4.41. The van der Waals surface area contributed by atoms with Crippen molar-refractivity contribution in [3.63, 3.8) is 0 Å². The molecule has 9 nitrogen and oxygen atoms in total. The second kappa shape index (κ2) is 9.89. The summed E-state index contributed by atoms with van der Waals surface area (Å²) >= 11 is 0. The summed E-state index contributed by atoms with van der Waals surface area (Å²) < 4.78 is 12.6. The molecule has 1 aromatic heterocycles. The standard InChI is InChI=1S/C25H32N4O5/c1-16(2)6-7-29-17(3)19(24(26)31)13-20(29)21(30)14-27-8-10-28(11-9-27)25(32)18-4-5-22-23(12-18)34-15-33-22/h4-5,12-13,16H,6-11,14-15H2,1-3H3,(H2,26,31). The van der Waals surface area contributed by atoms with Crippen molar-refractivity contribution in [2.75, 3.05) is 39.5 Å². The largest absolute Gasteiger partial charge is 0.454 e. The molecule has 2 aromatic rings. The van der Waals surface area contributed by atoms with E-state index in [0.717, 1.165) is 12.1 Å². The number of nitrogens with two attached hydrogens (primary N) is 1. The molecule has 0 radical (unpaired) electrons. The zero-order valence-corrected chi connectivity index (χ0v) is 20.0. The van der Waals surface area contributed by atoms with Crippen LogP contribution < -0.4 is 15.2 Å². The molecule has 0 bridgehead atoms. The van der Waals surface area contributed by atoms with Crippen LogP contribution in [0.5, 0.6) is 11.5 Å². The van der Waals surface area contributed by atoms with Crippen molar-refractivity contribution in [2.24, 2.45) is 11.7 Å². The Morgan fingerprint density at radius 3 is 2.41 bits per heavy atom. The van der Waals surface area contributed by atoms with Crippen LogP contribution in [0.1, 0.15) is 57.2 Å². The molecule has 0 atom stereocenters. The minimum Gasteiger partial charge on any atom is -0.454 e. The van der Waals surface area contributed by atoms with Crippen molar-refractivity contribution < 1.29 is 23.9 Å². The summed E-state index contributed by atoms with van der Waals surface area (Å²) in [5.74, 6) is 1.07. The highest BCUT2D eigenvalue weighted by Gasteiger charge is 2.27. The fraction of sp³-hybridized carbons (Fsp3) is 0.480. The van der Waals surface area contributed by atoms with Crippen molar-refractivity contribution >= 4 is 17.6 Å². The van der Waals surface area contributed by atoms with Crippen LogP contribution in [0.25, 0.3) is 0 Å². The van der Waals surface area contributed by atoms with Gasteiger partial charge in [-0.05, 0) is 43.5 Å². The van der Waals surface area contributed by atoms with Gasteiger partial charge in [-0.3, -0.25) is 19.3 Å². The van der Waals surface area contributed by atoms with Gasteiger partial charge in [-0.25, -0.2) is 0 Å². The average Bonchev–Trinajstić information content (AvgIpc) is 3.41. The number of fused-ring (bicyclic) bond motifs is 1. The van der Waals surface area contributed by atoms with Gasteiger partial charge in [0.25, 0.3) is 11.8 Å². The molecule has 2 N–H and O–H groups in total. The number of aromatic nitrogens is 1. The van der Waals surface area contributed by atoms with E-state index in [1.165, 1.54) is 0 Å². The molecule has 9 heteroatoms. The number of hydrogen-bond acceptors (Lipinski definition) is 6. The number of nitrogens with zero attached hydrogens (tertiary/aromatic N) is 3. The van der Waals surface area contributed by atoms with Gasteiger partial charge in [0.2, 0.25) is 6.79 Å². The molecule has 3 heterocycles. The Kier molecular flexibility index (Phi) is 6.92. The number of ether oxygens (including phenoxy) is 2. The van der Waals surface area contributed by atoms with Crippen LogP contribution in [0.15, 0.2) is 24.3 Å². The van der Waals surface area contributed by atoms with Crippen molar-refractivity contribution in [2.45, 2.75) is 33.7 Å². The Balaban J connectivity index is 1.38. The number of amides is 2. The number of carbonyl (C=O) groups excluding carboxylic acids is 3. The summed E-state index contributed by atoms with van der Waals surface area (Å²) in [4.78, 5) is 41.8. The monoisotopic (exact) mass is 468 g/mol. The summed E-state index contributed by atoms with van der Waals surface area (Å²) in [5.41, 5.74) is 7.74. The van der Waals surface area contributed by atoms with Crippen LogP contribution in [-0.4, -0.2) is 71.5 Å². The highest BCUT2D eigenvalue weighted by molar-refractivity contribution is 6.01. The van der Waals surface area contributed by atoms with Crippen LogP contribution >= 0.6 is 0 Å². The molecule has 2 aliphatic heterocycles. The Morgan fingerprint density at radius 1 is 1.03 bits per heavy atom. The summed E-state index contributed by atoms with van der Waals surface area (Å²) in [6, 6.07) is 6.83. The Labute approximate surface area is 199 Å². The van der Waals surface area contributed by atoms with Gasteiger partial charge in [0.15, 0.2) is 17.3 Å². The van der Waals surface area contributed by atoms with Crippen LogP contribution in [0.4, 0.5) is 0 Å². The van der Waals surface area contributed by atoms with E-state index in [2.05, 4.69) is 13.8 Å². The first kappa shape index (κ1) is 23.8. The Morgan fingerprint density at radius 2 is 1.74 bits per heavy atom. The van der Waals surface area contributed by atoms with Gasteiger partial charge in [-0.1, -0.05) is 13.8 Å². The highest BCUT2D eigenvalue weighted by atomic mass is 16.7. The molecule has 0 unspecified atom stereocenters. The van der Waals surface area contributed by atoms with E-state index < -0.39 is 5.91 Å². The molecule has 4 rings (SSSR count). The summed E-state index contributed by atoms with van der Waals surface area (Å²) in [6.07, 6.45) is 0.897. The predicted octanol–water partition coefficient (Wildman–Crippen LogP) is 2.31. The highest BCUT2D eigenvalue weighted by Crippen LogP contribution is 2.33. The van der Waals surface area contributed by atoms with Crippen molar-refractivity contribution in [1.29, 1.82) is 0 Å². The van der Waals surface area contributed by atoms with E-state index in [1.54, 1.807) is 29.2 Å². The smallest absolute Gasteiger partial charge is 0.254 e. The molecule has 2 aliphatic rings. The maximum atomic E-state index is 13.2. The van der Waals surface area contributed by atoms with Crippen molar-refractivity contribution in [3.8, 4) is 11.5 Å². The number of Topliss-reactive ketones (excluding diaryl/α,β-unsaturated/α-hetero) is 1. The number of rotatable bonds is 8. The third-order valence-electron chi connectivity index (χ3n) is 6.49. The molecule has 2 amide bonds. The average molecular weight is 469 g/mol. The molecule has 1 fully saturated rings. The normalized spacial score (nSPS) is 15.7. The molecule has 34 heavy (non-hydrogen) atoms. The first-order valence-corrected chi connectivity index (χ1v) is 11.7. The van der Waals surface area contributed by atoms with Gasteiger partial charge in [0, 0.05) is 44.0 Å². The molecular weight excluding hydrogens is 436 g/mol. The molecule has 182 valence electrons. The number of hydrogen-bond donors (Lipinski definition) is 1. The van der Waals surface area contributed by atoms with Gasteiger partial charge in [-0.15, -0.1) is 0 Å². The molecule has 1 aromatic carbocycles. The van der Waals surface area contributed by atoms with E-state index in [9.17, 15) is 14.4 Å². The Bertz CT molecular complexity index is 1100. The number of piperazine rings is 1. The lowest BCUT2D eigenvalue weighted by Gasteiger charge is -2.34. The zero-order valence-electron chi connectivity index (χ0n) is 20.0. The van der Waals surface area contributed by atoms with Gasteiger partial charge < -0.3 is 24.7 Å².